The first-order chi connectivity index (χ1) is 14.3. The van der Waals surface area contributed by atoms with E-state index in [1.165, 1.54) is 0 Å². The summed E-state index contributed by atoms with van der Waals surface area (Å²) >= 11 is 0. The van der Waals surface area contributed by atoms with Crippen molar-refractivity contribution >= 4 is 22.6 Å². The summed E-state index contributed by atoms with van der Waals surface area (Å²) in [5, 5.41) is 2.88. The van der Waals surface area contributed by atoms with E-state index in [2.05, 4.69) is 29.1 Å². The van der Waals surface area contributed by atoms with Gasteiger partial charge in [0, 0.05) is 23.9 Å². The molecule has 0 saturated carbocycles. The first-order valence-corrected chi connectivity index (χ1v) is 10.5. The van der Waals surface area contributed by atoms with Gasteiger partial charge in [-0.3, -0.25) is 9.59 Å². The number of hydrogen-bond donors (Lipinski definition) is 2. The van der Waals surface area contributed by atoms with E-state index in [1.807, 2.05) is 25.1 Å². The number of amides is 1. The Balaban J connectivity index is 1.62. The van der Waals surface area contributed by atoms with Gasteiger partial charge in [-0.05, 0) is 56.5 Å². The van der Waals surface area contributed by atoms with Crippen molar-refractivity contribution in [3.05, 3.63) is 57.3 Å². The molecule has 7 nitrogen and oxygen atoms in total. The highest BCUT2D eigenvalue weighted by Crippen LogP contribution is 2.21. The van der Waals surface area contributed by atoms with Gasteiger partial charge in [0.2, 0.25) is 0 Å². The van der Waals surface area contributed by atoms with Crippen molar-refractivity contribution in [3.8, 4) is 0 Å². The number of carbonyl (C=O) groups is 1. The predicted octanol–water partition coefficient (Wildman–Crippen LogP) is 3.90. The molecule has 0 bridgehead atoms. The quantitative estimate of drug-likeness (QED) is 0.670. The van der Waals surface area contributed by atoms with Gasteiger partial charge in [-0.15, -0.1) is 0 Å². The minimum Gasteiger partial charge on any atom is -0.376 e. The fraction of sp³-hybridized carbons (Fsp3) is 0.435. The summed E-state index contributed by atoms with van der Waals surface area (Å²) in [4.78, 5) is 34.0. The van der Waals surface area contributed by atoms with E-state index in [0.717, 1.165) is 42.0 Å². The van der Waals surface area contributed by atoms with Gasteiger partial charge in [0.15, 0.2) is 0 Å². The number of carbonyl (C=O) groups excluding carboxylic acids is 1. The third kappa shape index (κ3) is 3.89. The van der Waals surface area contributed by atoms with E-state index in [9.17, 15) is 9.59 Å². The SMILES string of the molecule is Cc1cc(C)n(C[C@H]2CCCO2)c(=O)c1C(=O)Nc1ccc2nc(C(C)C)[nH]c2c1. The highest BCUT2D eigenvalue weighted by Gasteiger charge is 2.22. The lowest BCUT2D eigenvalue weighted by molar-refractivity contribution is 0.0947. The second kappa shape index (κ2) is 8.07. The molecule has 0 spiro atoms. The number of rotatable bonds is 5. The Bertz CT molecular complexity index is 1150. The van der Waals surface area contributed by atoms with Crippen LogP contribution in [0.1, 0.15) is 60.0 Å². The van der Waals surface area contributed by atoms with E-state index in [0.29, 0.717) is 17.8 Å². The van der Waals surface area contributed by atoms with Gasteiger partial charge in [0.1, 0.15) is 11.4 Å². The van der Waals surface area contributed by atoms with Crippen LogP contribution in [0.25, 0.3) is 11.0 Å². The monoisotopic (exact) mass is 408 g/mol. The number of anilines is 1. The molecule has 7 heteroatoms. The summed E-state index contributed by atoms with van der Waals surface area (Å²) in [6.07, 6.45) is 1.97. The number of ether oxygens (including phenoxy) is 1. The number of imidazole rings is 1. The van der Waals surface area contributed by atoms with Gasteiger partial charge in [0.05, 0.1) is 23.7 Å². The number of nitrogens with zero attached hydrogens (tertiary/aromatic N) is 2. The van der Waals surface area contributed by atoms with Crippen LogP contribution in [-0.2, 0) is 11.3 Å². The number of fused-ring (bicyclic) bond motifs is 1. The molecule has 0 radical (unpaired) electrons. The molecule has 1 amide bonds. The summed E-state index contributed by atoms with van der Waals surface area (Å²) in [6, 6.07) is 7.41. The maximum atomic E-state index is 13.2. The number of aryl methyl sites for hydroxylation is 2. The first kappa shape index (κ1) is 20.3. The van der Waals surface area contributed by atoms with Crippen LogP contribution in [0.2, 0.25) is 0 Å². The standard InChI is InChI=1S/C23H28N4O3/c1-13(2)21-25-18-8-7-16(11-19(18)26-21)24-22(28)20-14(3)10-15(4)27(23(20)29)12-17-6-5-9-30-17/h7-8,10-11,13,17H,5-6,9,12H2,1-4H3,(H,24,28)(H,25,26)/t17-/m1/s1. The average molecular weight is 409 g/mol. The Kier molecular flexibility index (Phi) is 5.47. The molecule has 1 aliphatic heterocycles. The molecule has 1 aliphatic rings. The number of H-pyrrole nitrogens is 1. The Morgan fingerprint density at radius 1 is 1.33 bits per heavy atom. The van der Waals surface area contributed by atoms with Crippen LogP contribution in [0, 0.1) is 13.8 Å². The van der Waals surface area contributed by atoms with Crippen LogP contribution in [0.3, 0.4) is 0 Å². The highest BCUT2D eigenvalue weighted by atomic mass is 16.5. The second-order valence-corrected chi connectivity index (χ2v) is 8.36. The molecule has 0 unspecified atom stereocenters. The number of benzene rings is 1. The van der Waals surface area contributed by atoms with Crippen LogP contribution in [-0.4, -0.2) is 33.2 Å². The predicted molar refractivity (Wildman–Crippen MR) is 117 cm³/mol. The number of pyridine rings is 1. The summed E-state index contributed by atoms with van der Waals surface area (Å²) in [5.41, 5.74) is 3.73. The summed E-state index contributed by atoms with van der Waals surface area (Å²) in [5.74, 6) is 0.786. The van der Waals surface area contributed by atoms with Crippen molar-refractivity contribution < 1.29 is 9.53 Å². The molecular formula is C23H28N4O3. The molecule has 0 aliphatic carbocycles. The van der Waals surface area contributed by atoms with Crippen LogP contribution in [0.4, 0.5) is 5.69 Å². The van der Waals surface area contributed by atoms with Gasteiger partial charge in [-0.2, -0.15) is 0 Å². The Morgan fingerprint density at radius 3 is 2.83 bits per heavy atom. The third-order valence-corrected chi connectivity index (χ3v) is 5.65. The van der Waals surface area contributed by atoms with E-state index < -0.39 is 5.91 Å². The molecule has 2 N–H and O–H groups in total. The summed E-state index contributed by atoms with van der Waals surface area (Å²) in [6.45, 7) is 9.04. The average Bonchev–Trinajstić information content (AvgIpc) is 3.34. The third-order valence-electron chi connectivity index (χ3n) is 5.65. The normalized spacial score (nSPS) is 16.5. The van der Waals surface area contributed by atoms with Gasteiger partial charge >= 0.3 is 0 Å². The van der Waals surface area contributed by atoms with Crippen LogP contribution in [0.15, 0.2) is 29.1 Å². The largest absolute Gasteiger partial charge is 0.376 e. The lowest BCUT2D eigenvalue weighted by atomic mass is 10.1. The Labute approximate surface area is 175 Å². The molecular weight excluding hydrogens is 380 g/mol. The van der Waals surface area contributed by atoms with Crippen molar-refractivity contribution in [2.45, 2.75) is 59.1 Å². The minimum absolute atomic E-state index is 0.0259. The van der Waals surface area contributed by atoms with Crippen molar-refractivity contribution in [1.82, 2.24) is 14.5 Å². The van der Waals surface area contributed by atoms with Crippen molar-refractivity contribution in [2.24, 2.45) is 0 Å². The molecule has 1 fully saturated rings. The molecule has 3 heterocycles. The topological polar surface area (TPSA) is 89.0 Å². The van der Waals surface area contributed by atoms with Gasteiger partial charge in [0.25, 0.3) is 11.5 Å². The number of hydrogen-bond acceptors (Lipinski definition) is 4. The molecule has 158 valence electrons. The molecule has 30 heavy (non-hydrogen) atoms. The lowest BCUT2D eigenvalue weighted by Gasteiger charge is -2.17. The number of aromatic nitrogens is 3. The van der Waals surface area contributed by atoms with E-state index >= 15 is 0 Å². The molecule has 4 rings (SSSR count). The number of aromatic amines is 1. The molecule has 1 atom stereocenters. The van der Waals surface area contributed by atoms with E-state index in [-0.39, 0.29) is 23.1 Å². The summed E-state index contributed by atoms with van der Waals surface area (Å²) < 4.78 is 7.34. The van der Waals surface area contributed by atoms with Crippen LogP contribution < -0.4 is 10.9 Å². The second-order valence-electron chi connectivity index (χ2n) is 8.36. The Hall–Kier alpha value is -2.93. The van der Waals surface area contributed by atoms with Crippen molar-refractivity contribution in [3.63, 3.8) is 0 Å². The zero-order chi connectivity index (χ0) is 21.4. The van der Waals surface area contributed by atoms with E-state index in [4.69, 9.17) is 4.74 Å². The van der Waals surface area contributed by atoms with Crippen molar-refractivity contribution in [1.29, 1.82) is 0 Å². The maximum absolute atomic E-state index is 13.2. The van der Waals surface area contributed by atoms with Crippen LogP contribution >= 0.6 is 0 Å². The zero-order valence-corrected chi connectivity index (χ0v) is 17.9. The fourth-order valence-electron chi connectivity index (χ4n) is 4.00. The van der Waals surface area contributed by atoms with Crippen LogP contribution in [0.5, 0.6) is 0 Å². The zero-order valence-electron chi connectivity index (χ0n) is 17.9. The molecule has 1 aromatic carbocycles. The molecule has 2 aromatic heterocycles. The lowest BCUT2D eigenvalue weighted by Crippen LogP contribution is -2.34. The Morgan fingerprint density at radius 2 is 2.13 bits per heavy atom. The smallest absolute Gasteiger partial charge is 0.263 e. The minimum atomic E-state index is -0.401. The van der Waals surface area contributed by atoms with Gasteiger partial charge < -0.3 is 19.6 Å². The van der Waals surface area contributed by atoms with Gasteiger partial charge in [-0.25, -0.2) is 4.98 Å². The molecule has 1 saturated heterocycles. The number of nitrogens with one attached hydrogen (secondary N) is 2. The van der Waals surface area contributed by atoms with E-state index in [1.54, 1.807) is 17.6 Å². The maximum Gasteiger partial charge on any atom is 0.263 e. The fourth-order valence-corrected chi connectivity index (χ4v) is 4.00. The molecule has 3 aromatic rings. The van der Waals surface area contributed by atoms with Gasteiger partial charge in [-0.1, -0.05) is 13.8 Å². The highest BCUT2D eigenvalue weighted by molar-refractivity contribution is 6.05. The van der Waals surface area contributed by atoms with Crippen molar-refractivity contribution in [2.75, 3.05) is 11.9 Å². The first-order valence-electron chi connectivity index (χ1n) is 10.5. The summed E-state index contributed by atoms with van der Waals surface area (Å²) in [7, 11) is 0.